The largest absolute Gasteiger partial charge is 0.423 e. The molecule has 2 rings (SSSR count). The molecule has 5 nitrogen and oxygen atoms in total. The van der Waals surface area contributed by atoms with Crippen LogP contribution < -0.4 is 5.56 Å². The number of fused-ring (bicyclic) bond motifs is 1. The highest BCUT2D eigenvalue weighted by atomic mass is 32.2. The Morgan fingerprint density at radius 2 is 2.04 bits per heavy atom. The van der Waals surface area contributed by atoms with E-state index in [9.17, 15) is 18.0 Å². The van der Waals surface area contributed by atoms with E-state index in [1.165, 1.54) is 0 Å². The lowest BCUT2D eigenvalue weighted by Gasteiger charge is -2.09. The fraction of sp³-hybridized carbons (Fsp3) is 0.357. The van der Waals surface area contributed by atoms with Crippen LogP contribution >= 0.6 is 11.8 Å². The number of halogens is 3. The van der Waals surface area contributed by atoms with Crippen LogP contribution in [-0.2, 0) is 0 Å². The van der Waals surface area contributed by atoms with Gasteiger partial charge in [-0.1, -0.05) is 11.8 Å². The molecule has 0 fully saturated rings. The highest BCUT2D eigenvalue weighted by molar-refractivity contribution is 8.03. The molecule has 0 aliphatic heterocycles. The van der Waals surface area contributed by atoms with Crippen LogP contribution in [-0.4, -0.2) is 26.1 Å². The SMILES string of the molecule is CC(C)(C)C#C/C=C(/Sc1nc2nc[nH]c(=O)c2[nH]1)C(F)(F)F. The third kappa shape index (κ3) is 4.63. The molecular weight excluding hydrogens is 329 g/mol. The highest BCUT2D eigenvalue weighted by Gasteiger charge is 2.35. The fourth-order valence-electron chi connectivity index (χ4n) is 1.46. The molecule has 0 unspecified atom stereocenters. The van der Waals surface area contributed by atoms with E-state index in [4.69, 9.17) is 0 Å². The van der Waals surface area contributed by atoms with E-state index in [0.29, 0.717) is 11.8 Å². The molecule has 2 aromatic heterocycles. The summed E-state index contributed by atoms with van der Waals surface area (Å²) in [7, 11) is 0. The molecular formula is C14H13F3N4OS. The van der Waals surface area contributed by atoms with Crippen molar-refractivity contribution in [2.75, 3.05) is 0 Å². The molecule has 0 spiro atoms. The third-order valence-corrected chi connectivity index (χ3v) is 3.36. The molecule has 9 heteroatoms. The summed E-state index contributed by atoms with van der Waals surface area (Å²) >= 11 is 0.355. The maximum absolute atomic E-state index is 13.1. The number of H-pyrrole nitrogens is 2. The Morgan fingerprint density at radius 3 is 2.61 bits per heavy atom. The molecule has 122 valence electrons. The van der Waals surface area contributed by atoms with Crippen LogP contribution in [0, 0.1) is 17.3 Å². The van der Waals surface area contributed by atoms with E-state index in [1.807, 2.05) is 0 Å². The molecule has 0 radical (unpaired) electrons. The summed E-state index contributed by atoms with van der Waals surface area (Å²) in [6.07, 6.45) is -2.63. The molecule has 0 saturated heterocycles. The number of aromatic amines is 2. The Labute approximate surface area is 133 Å². The van der Waals surface area contributed by atoms with E-state index in [-0.39, 0.29) is 16.3 Å². The highest BCUT2D eigenvalue weighted by Crippen LogP contribution is 2.37. The van der Waals surface area contributed by atoms with Gasteiger partial charge in [-0.05, 0) is 32.5 Å². The summed E-state index contributed by atoms with van der Waals surface area (Å²) in [6, 6.07) is 0. The normalized spacial score (nSPS) is 13.0. The van der Waals surface area contributed by atoms with Crippen molar-refractivity contribution in [1.82, 2.24) is 19.9 Å². The summed E-state index contributed by atoms with van der Waals surface area (Å²) in [4.78, 5) is 23.1. The second kappa shape index (κ2) is 6.12. The van der Waals surface area contributed by atoms with Crippen molar-refractivity contribution >= 4 is 22.9 Å². The first-order valence-corrected chi connectivity index (χ1v) is 7.29. The Kier molecular flexibility index (Phi) is 4.56. The Balaban J connectivity index is 2.37. The minimum atomic E-state index is -4.57. The number of hydrogen-bond acceptors (Lipinski definition) is 4. The lowest BCUT2D eigenvalue weighted by atomic mass is 9.98. The third-order valence-electron chi connectivity index (χ3n) is 2.41. The zero-order valence-electron chi connectivity index (χ0n) is 12.5. The average Bonchev–Trinajstić information content (AvgIpc) is 2.79. The lowest BCUT2D eigenvalue weighted by Crippen LogP contribution is -2.09. The van der Waals surface area contributed by atoms with Crippen LogP contribution in [0.4, 0.5) is 13.2 Å². The van der Waals surface area contributed by atoms with Gasteiger partial charge in [-0.15, -0.1) is 0 Å². The molecule has 23 heavy (non-hydrogen) atoms. The van der Waals surface area contributed by atoms with Crippen molar-refractivity contribution in [3.63, 3.8) is 0 Å². The number of nitrogens with one attached hydrogen (secondary N) is 2. The van der Waals surface area contributed by atoms with E-state index in [2.05, 4.69) is 31.8 Å². The molecule has 0 aromatic carbocycles. The van der Waals surface area contributed by atoms with E-state index < -0.39 is 22.1 Å². The summed E-state index contributed by atoms with van der Waals surface area (Å²) in [5.74, 6) is 5.13. The smallest absolute Gasteiger partial charge is 0.327 e. The number of alkyl halides is 3. The molecule has 0 bridgehead atoms. The van der Waals surface area contributed by atoms with Crippen molar-refractivity contribution in [3.05, 3.63) is 27.7 Å². The quantitative estimate of drug-likeness (QED) is 0.649. The predicted octanol–water partition coefficient (Wildman–Crippen LogP) is 3.23. The van der Waals surface area contributed by atoms with Crippen LogP contribution in [0.2, 0.25) is 0 Å². The molecule has 0 amide bonds. The van der Waals surface area contributed by atoms with Gasteiger partial charge < -0.3 is 9.97 Å². The minimum absolute atomic E-state index is 0.0253. The monoisotopic (exact) mass is 342 g/mol. The van der Waals surface area contributed by atoms with Gasteiger partial charge >= 0.3 is 6.18 Å². The van der Waals surface area contributed by atoms with E-state index in [1.54, 1.807) is 20.8 Å². The van der Waals surface area contributed by atoms with Crippen molar-refractivity contribution in [3.8, 4) is 11.8 Å². The van der Waals surface area contributed by atoms with Crippen molar-refractivity contribution < 1.29 is 13.2 Å². The second-order valence-electron chi connectivity index (χ2n) is 5.60. The molecule has 0 aliphatic carbocycles. The van der Waals surface area contributed by atoms with Gasteiger partial charge in [0.25, 0.3) is 5.56 Å². The van der Waals surface area contributed by atoms with Gasteiger partial charge in [0.2, 0.25) is 0 Å². The minimum Gasteiger partial charge on any atom is -0.327 e. The van der Waals surface area contributed by atoms with Crippen LogP contribution in [0.15, 0.2) is 27.3 Å². The molecule has 0 aliphatic rings. The van der Waals surface area contributed by atoms with Gasteiger partial charge in [-0.3, -0.25) is 4.79 Å². The molecule has 0 atom stereocenters. The zero-order valence-corrected chi connectivity index (χ0v) is 13.3. The maximum atomic E-state index is 13.1. The lowest BCUT2D eigenvalue weighted by molar-refractivity contribution is -0.0835. The average molecular weight is 342 g/mol. The standard InChI is InChI=1S/C14H13F3N4OS/c1-13(2,3)6-4-5-8(14(15,16)17)23-12-20-9-10(21-12)18-7-19-11(9)22/h5,7H,1-3H3,(H2,18,19,20,21,22)/b8-5+. The summed E-state index contributed by atoms with van der Waals surface area (Å²) < 4.78 is 39.2. The summed E-state index contributed by atoms with van der Waals surface area (Å²) in [6.45, 7) is 5.39. The first-order valence-electron chi connectivity index (χ1n) is 6.47. The zero-order chi connectivity index (χ0) is 17.3. The summed E-state index contributed by atoms with van der Waals surface area (Å²) in [5.41, 5.74) is -0.829. The maximum Gasteiger partial charge on any atom is 0.423 e. The number of allylic oxidation sites excluding steroid dienone is 2. The number of nitrogens with zero attached hydrogens (tertiary/aromatic N) is 2. The number of thioether (sulfide) groups is 1. The van der Waals surface area contributed by atoms with Crippen LogP contribution in [0.3, 0.4) is 0 Å². The Morgan fingerprint density at radius 1 is 1.35 bits per heavy atom. The van der Waals surface area contributed by atoms with Gasteiger partial charge in [-0.25, -0.2) is 9.97 Å². The molecule has 0 saturated carbocycles. The second-order valence-corrected chi connectivity index (χ2v) is 6.63. The van der Waals surface area contributed by atoms with Crippen molar-refractivity contribution in [1.29, 1.82) is 0 Å². The predicted molar refractivity (Wildman–Crippen MR) is 81.7 cm³/mol. The first kappa shape index (κ1) is 17.1. The van der Waals surface area contributed by atoms with Gasteiger partial charge in [0.05, 0.1) is 6.33 Å². The summed E-state index contributed by atoms with van der Waals surface area (Å²) in [5, 5.41) is -0.0784. The number of aromatic nitrogens is 4. The van der Waals surface area contributed by atoms with Crippen LogP contribution in [0.5, 0.6) is 0 Å². The van der Waals surface area contributed by atoms with Crippen LogP contribution in [0.1, 0.15) is 20.8 Å². The van der Waals surface area contributed by atoms with E-state index in [0.717, 1.165) is 12.4 Å². The number of rotatable bonds is 2. The Bertz CT molecular complexity index is 862. The van der Waals surface area contributed by atoms with Crippen molar-refractivity contribution in [2.24, 2.45) is 5.41 Å². The van der Waals surface area contributed by atoms with Gasteiger partial charge in [0, 0.05) is 11.5 Å². The molecule has 2 heterocycles. The van der Waals surface area contributed by atoms with Crippen molar-refractivity contribution in [2.45, 2.75) is 32.1 Å². The Hall–Kier alpha value is -2.21. The fourth-order valence-corrected chi connectivity index (χ4v) is 2.19. The van der Waals surface area contributed by atoms with Gasteiger partial charge in [0.1, 0.15) is 4.91 Å². The molecule has 2 aromatic rings. The van der Waals surface area contributed by atoms with E-state index >= 15 is 0 Å². The molecule has 2 N–H and O–H groups in total. The topological polar surface area (TPSA) is 74.4 Å². The number of hydrogen-bond donors (Lipinski definition) is 2. The van der Waals surface area contributed by atoms with Crippen LogP contribution in [0.25, 0.3) is 11.2 Å². The van der Waals surface area contributed by atoms with Gasteiger partial charge in [-0.2, -0.15) is 13.2 Å². The van der Waals surface area contributed by atoms with Gasteiger partial charge in [0.15, 0.2) is 16.3 Å². The first-order chi connectivity index (χ1) is 10.6. The number of imidazole rings is 1.